The maximum Gasteiger partial charge on any atom is 0.261 e. The quantitative estimate of drug-likeness (QED) is 0.318. The van der Waals surface area contributed by atoms with Crippen molar-refractivity contribution in [3.8, 4) is 0 Å². The molecule has 5 rings (SSSR count). The Balaban J connectivity index is 1.48. The molecule has 0 radical (unpaired) electrons. The number of anilines is 2. The molecule has 1 aromatic carbocycles. The monoisotopic (exact) mass is 558 g/mol. The zero-order chi connectivity index (χ0) is 29.6. The molecule has 0 fully saturated rings. The summed E-state index contributed by atoms with van der Waals surface area (Å²) in [6, 6.07) is 11.5. The fourth-order valence-corrected chi connectivity index (χ4v) is 5.65. The molecule has 216 valence electrons. The first-order valence-electron chi connectivity index (χ1n) is 14.0. The molecule has 4 heterocycles. The number of carbonyl (C=O) groups excluding carboxylic acids is 2. The third-order valence-corrected chi connectivity index (χ3v) is 8.12. The number of fused-ring (bicyclic) bond motifs is 2. The van der Waals surface area contributed by atoms with Crippen LogP contribution in [0.1, 0.15) is 56.4 Å². The van der Waals surface area contributed by atoms with Crippen LogP contribution in [0.5, 0.6) is 0 Å². The number of nitrogens with zero attached hydrogens (tertiary/aromatic N) is 5. The molecule has 0 aliphatic carbocycles. The lowest BCUT2D eigenvalue weighted by Gasteiger charge is -2.29. The standard InChI is InChI=1S/C31H38N6O4/c1-8-37-25-10-9-22(17-26(25)34(7)29(39)31(5,6)30(37)40)18-36(21(4)24-15-19(2)32-33-24)14-13-35-12-11-27-23(28(35)38)16-20(3)41-27/h9-12,15-17,21H,8,13-14,18H2,1-7H3,(H,32,33). The second-order valence-corrected chi connectivity index (χ2v) is 11.4. The van der Waals surface area contributed by atoms with Crippen molar-refractivity contribution in [2.24, 2.45) is 5.41 Å². The first-order chi connectivity index (χ1) is 19.4. The van der Waals surface area contributed by atoms with E-state index < -0.39 is 5.41 Å². The summed E-state index contributed by atoms with van der Waals surface area (Å²) in [6.45, 7) is 13.3. The predicted molar refractivity (Wildman–Crippen MR) is 159 cm³/mol. The summed E-state index contributed by atoms with van der Waals surface area (Å²) in [5.74, 6) is 0.262. The summed E-state index contributed by atoms with van der Waals surface area (Å²) in [7, 11) is 1.73. The van der Waals surface area contributed by atoms with E-state index in [-0.39, 0.29) is 23.4 Å². The normalized spacial score (nSPS) is 16.0. The molecule has 1 N–H and O–H groups in total. The van der Waals surface area contributed by atoms with Gasteiger partial charge in [0.05, 0.1) is 28.5 Å². The number of aryl methyl sites for hydroxylation is 2. The molecule has 4 aromatic rings. The number of H-pyrrole nitrogens is 1. The van der Waals surface area contributed by atoms with Crippen molar-refractivity contribution in [2.45, 2.75) is 60.7 Å². The second kappa shape index (κ2) is 10.7. The molecule has 3 aromatic heterocycles. The number of aromatic amines is 1. The van der Waals surface area contributed by atoms with Gasteiger partial charge in [0.2, 0.25) is 11.8 Å². The Labute approximate surface area is 239 Å². The SMILES string of the molecule is CCN1C(=O)C(C)(C)C(=O)N(C)c2cc(CN(CCn3ccc4oc(C)cc4c3=O)C(C)c3cc(C)[nH]n3)ccc21. The van der Waals surface area contributed by atoms with Crippen LogP contribution in [0.4, 0.5) is 11.4 Å². The molecular formula is C31H38N6O4. The van der Waals surface area contributed by atoms with Gasteiger partial charge in [0, 0.05) is 45.1 Å². The van der Waals surface area contributed by atoms with Crippen LogP contribution >= 0.6 is 0 Å². The predicted octanol–water partition coefficient (Wildman–Crippen LogP) is 4.55. The van der Waals surface area contributed by atoms with Gasteiger partial charge in [-0.3, -0.25) is 24.4 Å². The van der Waals surface area contributed by atoms with E-state index in [1.54, 1.807) is 47.5 Å². The van der Waals surface area contributed by atoms with E-state index in [0.717, 1.165) is 22.6 Å². The lowest BCUT2D eigenvalue weighted by atomic mass is 9.90. The summed E-state index contributed by atoms with van der Waals surface area (Å²) >= 11 is 0. The van der Waals surface area contributed by atoms with Gasteiger partial charge in [-0.1, -0.05) is 6.07 Å². The number of aromatic nitrogens is 3. The van der Waals surface area contributed by atoms with Gasteiger partial charge in [0.25, 0.3) is 5.56 Å². The fraction of sp³-hybridized carbons (Fsp3) is 0.419. The Morgan fingerprint density at radius 1 is 1.05 bits per heavy atom. The largest absolute Gasteiger partial charge is 0.461 e. The second-order valence-electron chi connectivity index (χ2n) is 11.4. The molecule has 0 saturated carbocycles. The zero-order valence-corrected chi connectivity index (χ0v) is 24.8. The van der Waals surface area contributed by atoms with Gasteiger partial charge in [-0.15, -0.1) is 0 Å². The maximum atomic E-state index is 13.3. The Hall–Kier alpha value is -4.18. The summed E-state index contributed by atoms with van der Waals surface area (Å²) in [4.78, 5) is 45.3. The third-order valence-electron chi connectivity index (χ3n) is 8.12. The van der Waals surface area contributed by atoms with Crippen molar-refractivity contribution in [3.63, 3.8) is 0 Å². The number of furan rings is 1. The number of nitrogens with one attached hydrogen (secondary N) is 1. The van der Waals surface area contributed by atoms with E-state index >= 15 is 0 Å². The molecule has 0 spiro atoms. The van der Waals surface area contributed by atoms with Gasteiger partial charge in [-0.05, 0) is 77.4 Å². The molecule has 10 nitrogen and oxygen atoms in total. The smallest absolute Gasteiger partial charge is 0.261 e. The average molecular weight is 559 g/mol. The Morgan fingerprint density at radius 2 is 1.80 bits per heavy atom. The lowest BCUT2D eigenvalue weighted by Crippen LogP contribution is -2.47. The first kappa shape index (κ1) is 28.4. The van der Waals surface area contributed by atoms with Crippen LogP contribution in [-0.4, -0.2) is 51.6 Å². The number of pyridine rings is 1. The van der Waals surface area contributed by atoms with Crippen LogP contribution < -0.4 is 15.4 Å². The van der Waals surface area contributed by atoms with Crippen molar-refractivity contribution in [1.29, 1.82) is 0 Å². The van der Waals surface area contributed by atoms with Gasteiger partial charge >= 0.3 is 0 Å². The van der Waals surface area contributed by atoms with Crippen molar-refractivity contribution in [2.75, 3.05) is 29.9 Å². The number of hydrogen-bond acceptors (Lipinski definition) is 6. The van der Waals surface area contributed by atoms with Crippen molar-refractivity contribution in [1.82, 2.24) is 19.7 Å². The molecule has 1 atom stereocenters. The molecule has 1 aliphatic rings. The van der Waals surface area contributed by atoms with Crippen molar-refractivity contribution < 1.29 is 14.0 Å². The van der Waals surface area contributed by atoms with Gasteiger partial charge in [0.1, 0.15) is 16.8 Å². The molecule has 41 heavy (non-hydrogen) atoms. The topological polar surface area (TPSA) is 108 Å². The number of rotatable bonds is 8. The van der Waals surface area contributed by atoms with E-state index in [1.165, 1.54) is 0 Å². The average Bonchev–Trinajstić information content (AvgIpc) is 3.55. The minimum Gasteiger partial charge on any atom is -0.461 e. The van der Waals surface area contributed by atoms with Crippen LogP contribution in [0.25, 0.3) is 11.0 Å². The zero-order valence-electron chi connectivity index (χ0n) is 24.8. The lowest BCUT2D eigenvalue weighted by molar-refractivity contribution is -0.137. The Kier molecular flexibility index (Phi) is 7.37. The number of hydrogen-bond donors (Lipinski definition) is 1. The summed E-state index contributed by atoms with van der Waals surface area (Å²) in [6.07, 6.45) is 1.77. The molecule has 0 saturated heterocycles. The highest BCUT2D eigenvalue weighted by molar-refractivity contribution is 6.19. The number of carbonyl (C=O) groups is 2. The highest BCUT2D eigenvalue weighted by atomic mass is 16.3. The van der Waals surface area contributed by atoms with Gasteiger partial charge in [-0.25, -0.2) is 0 Å². The molecule has 2 amide bonds. The van der Waals surface area contributed by atoms with Crippen LogP contribution in [-0.2, 0) is 22.7 Å². The molecular weight excluding hydrogens is 520 g/mol. The number of benzene rings is 1. The van der Waals surface area contributed by atoms with E-state index in [1.807, 2.05) is 51.1 Å². The van der Waals surface area contributed by atoms with Crippen LogP contribution in [0, 0.1) is 19.3 Å². The summed E-state index contributed by atoms with van der Waals surface area (Å²) in [5, 5.41) is 8.10. The van der Waals surface area contributed by atoms with Crippen LogP contribution in [0.2, 0.25) is 0 Å². The van der Waals surface area contributed by atoms with Crippen molar-refractivity contribution in [3.05, 3.63) is 75.7 Å². The number of amides is 2. The maximum absolute atomic E-state index is 13.3. The molecule has 1 unspecified atom stereocenters. The van der Waals surface area contributed by atoms with E-state index in [0.29, 0.717) is 48.6 Å². The first-order valence-corrected chi connectivity index (χ1v) is 14.0. The Morgan fingerprint density at radius 3 is 2.49 bits per heavy atom. The summed E-state index contributed by atoms with van der Waals surface area (Å²) < 4.78 is 7.34. The molecule has 10 heteroatoms. The Bertz CT molecular complexity index is 1680. The highest BCUT2D eigenvalue weighted by Crippen LogP contribution is 2.39. The van der Waals surface area contributed by atoms with E-state index in [4.69, 9.17) is 4.42 Å². The molecule has 0 bridgehead atoms. The fourth-order valence-electron chi connectivity index (χ4n) is 5.65. The van der Waals surface area contributed by atoms with Crippen molar-refractivity contribution >= 4 is 34.2 Å². The summed E-state index contributed by atoms with van der Waals surface area (Å²) in [5.41, 5.74) is 3.63. The minimum absolute atomic E-state index is 0.0543. The van der Waals surface area contributed by atoms with E-state index in [9.17, 15) is 14.4 Å². The van der Waals surface area contributed by atoms with Gasteiger partial charge in [0.15, 0.2) is 0 Å². The minimum atomic E-state index is -1.16. The molecule has 1 aliphatic heterocycles. The third kappa shape index (κ3) is 5.08. The van der Waals surface area contributed by atoms with Gasteiger partial charge in [-0.2, -0.15) is 5.10 Å². The van der Waals surface area contributed by atoms with Crippen LogP contribution in [0.3, 0.4) is 0 Å². The highest BCUT2D eigenvalue weighted by Gasteiger charge is 2.45. The van der Waals surface area contributed by atoms with E-state index in [2.05, 4.69) is 22.0 Å². The van der Waals surface area contributed by atoms with Gasteiger partial charge < -0.3 is 18.8 Å². The van der Waals surface area contributed by atoms with Crippen LogP contribution in [0.15, 0.2) is 51.8 Å².